The zero-order chi connectivity index (χ0) is 16.3. The highest BCUT2D eigenvalue weighted by Gasteiger charge is 2.23. The smallest absolute Gasteiger partial charge is 0.305 e. The lowest BCUT2D eigenvalue weighted by Crippen LogP contribution is -2.30. The molecule has 0 aliphatic rings. The molecule has 0 radical (unpaired) electrons. The van der Waals surface area contributed by atoms with Crippen LogP contribution < -0.4 is 4.74 Å². The molecule has 0 unspecified atom stereocenters. The third kappa shape index (κ3) is 2.88. The molecule has 2 aromatic rings. The summed E-state index contributed by atoms with van der Waals surface area (Å²) < 4.78 is 6.97. The first-order valence-corrected chi connectivity index (χ1v) is 7.00. The maximum Gasteiger partial charge on any atom is 0.305 e. The highest BCUT2D eigenvalue weighted by atomic mass is 16.5. The summed E-state index contributed by atoms with van der Waals surface area (Å²) in [7, 11) is 3.14. The van der Waals surface area contributed by atoms with E-state index in [9.17, 15) is 9.59 Å². The maximum absolute atomic E-state index is 12.6. The van der Waals surface area contributed by atoms with Crippen LogP contribution in [0.2, 0.25) is 0 Å². The topological polar surface area (TPSA) is 84.1 Å². The van der Waals surface area contributed by atoms with E-state index in [1.165, 1.54) is 4.90 Å². The molecule has 0 bridgehead atoms. The zero-order valence-electron chi connectivity index (χ0n) is 12.9. The molecule has 0 fully saturated rings. The predicted molar refractivity (Wildman–Crippen MR) is 80.3 cm³/mol. The van der Waals surface area contributed by atoms with Crippen molar-refractivity contribution in [1.82, 2.24) is 14.3 Å². The lowest BCUT2D eigenvalue weighted by atomic mass is 10.2. The molecule has 0 aliphatic heterocycles. The van der Waals surface area contributed by atoms with Gasteiger partial charge in [-0.1, -0.05) is 6.92 Å². The minimum atomic E-state index is -0.935. The number of carbonyl (C=O) groups excluding carboxylic acids is 1. The van der Waals surface area contributed by atoms with Crippen molar-refractivity contribution >= 4 is 17.5 Å². The number of ether oxygens (including phenoxy) is 1. The van der Waals surface area contributed by atoms with Crippen LogP contribution in [0, 0.1) is 0 Å². The van der Waals surface area contributed by atoms with Crippen molar-refractivity contribution < 1.29 is 19.4 Å². The summed E-state index contributed by atoms with van der Waals surface area (Å²) in [6, 6.07) is 3.56. The van der Waals surface area contributed by atoms with E-state index in [1.54, 1.807) is 36.9 Å². The van der Waals surface area contributed by atoms with Gasteiger partial charge in [-0.15, -0.1) is 0 Å². The fourth-order valence-electron chi connectivity index (χ4n) is 2.27. The Balaban J connectivity index is 2.45. The summed E-state index contributed by atoms with van der Waals surface area (Å²) in [4.78, 5) is 29.2. The second-order valence-electron chi connectivity index (χ2n) is 4.90. The van der Waals surface area contributed by atoms with E-state index in [4.69, 9.17) is 9.84 Å². The van der Waals surface area contributed by atoms with Crippen molar-refractivity contribution in [2.45, 2.75) is 19.8 Å². The molecule has 0 saturated carbocycles. The number of amides is 1. The summed E-state index contributed by atoms with van der Waals surface area (Å²) in [5, 5.41) is 8.74. The van der Waals surface area contributed by atoms with Crippen LogP contribution in [0.3, 0.4) is 0 Å². The number of fused-ring (bicyclic) bond motifs is 1. The van der Waals surface area contributed by atoms with Gasteiger partial charge >= 0.3 is 5.97 Å². The number of carbonyl (C=O) groups is 2. The largest absolute Gasteiger partial charge is 0.493 e. The number of hydrogen-bond acceptors (Lipinski definition) is 4. The molecule has 0 spiro atoms. The van der Waals surface area contributed by atoms with Crippen molar-refractivity contribution in [3.63, 3.8) is 0 Å². The zero-order valence-corrected chi connectivity index (χ0v) is 12.9. The molecule has 2 rings (SSSR count). The molecule has 0 aromatic carbocycles. The summed E-state index contributed by atoms with van der Waals surface area (Å²) in [5.74, 6) is -0.599. The van der Waals surface area contributed by atoms with Crippen LogP contribution >= 0.6 is 0 Å². The molecule has 0 saturated heterocycles. The van der Waals surface area contributed by atoms with Crippen molar-refractivity contribution in [3.05, 3.63) is 29.7 Å². The number of hydrogen-bond donors (Lipinski definition) is 1. The molecule has 7 heteroatoms. The van der Waals surface area contributed by atoms with Crippen LogP contribution in [0.1, 0.15) is 29.5 Å². The number of aryl methyl sites for hydroxylation is 1. The Morgan fingerprint density at radius 2 is 2.18 bits per heavy atom. The van der Waals surface area contributed by atoms with Crippen molar-refractivity contribution in [3.8, 4) is 5.75 Å². The van der Waals surface area contributed by atoms with Gasteiger partial charge in [0.1, 0.15) is 5.69 Å². The first kappa shape index (κ1) is 15.8. The molecule has 1 N–H and O–H groups in total. The van der Waals surface area contributed by atoms with Crippen molar-refractivity contribution in [1.29, 1.82) is 0 Å². The molecule has 0 atom stereocenters. The highest BCUT2D eigenvalue weighted by molar-refractivity contribution is 5.95. The van der Waals surface area contributed by atoms with Gasteiger partial charge in [0.2, 0.25) is 0 Å². The van der Waals surface area contributed by atoms with E-state index in [-0.39, 0.29) is 18.9 Å². The SMILES string of the molecule is CCc1nc2c(OC)cccn2c1C(=O)N(C)CCC(=O)O. The standard InChI is InChI=1S/C15H19N3O4/c1-4-10-13(15(21)17(2)9-7-12(19)20)18-8-5-6-11(22-3)14(18)16-10/h5-6,8H,4,7,9H2,1-3H3,(H,19,20). The molecule has 1 amide bonds. The van der Waals surface area contributed by atoms with Gasteiger partial charge in [0, 0.05) is 19.8 Å². The third-order valence-electron chi connectivity index (χ3n) is 3.45. The summed E-state index contributed by atoms with van der Waals surface area (Å²) in [6.45, 7) is 2.07. The van der Waals surface area contributed by atoms with Crippen LogP contribution in [0.25, 0.3) is 5.65 Å². The Hall–Kier alpha value is -2.57. The predicted octanol–water partition coefficient (Wildman–Crippen LogP) is 1.45. The van der Waals surface area contributed by atoms with E-state index in [1.807, 2.05) is 6.92 Å². The second-order valence-corrected chi connectivity index (χ2v) is 4.90. The van der Waals surface area contributed by atoms with E-state index in [0.29, 0.717) is 29.2 Å². The van der Waals surface area contributed by atoms with Crippen LogP contribution in [0.4, 0.5) is 0 Å². The molecule has 118 valence electrons. The monoisotopic (exact) mass is 305 g/mol. The fourth-order valence-corrected chi connectivity index (χ4v) is 2.27. The average molecular weight is 305 g/mol. The Kier molecular flexibility index (Phi) is 4.65. The number of nitrogens with zero attached hydrogens (tertiary/aromatic N) is 3. The second kappa shape index (κ2) is 6.46. The number of imidazole rings is 1. The van der Waals surface area contributed by atoms with E-state index >= 15 is 0 Å². The van der Waals surface area contributed by atoms with Crippen molar-refractivity contribution in [2.75, 3.05) is 20.7 Å². The third-order valence-corrected chi connectivity index (χ3v) is 3.45. The highest BCUT2D eigenvalue weighted by Crippen LogP contribution is 2.23. The number of aromatic nitrogens is 2. The fraction of sp³-hybridized carbons (Fsp3) is 0.400. The Bertz CT molecular complexity index is 708. The van der Waals surface area contributed by atoms with E-state index in [2.05, 4.69) is 4.98 Å². The van der Waals surface area contributed by atoms with Gasteiger partial charge in [0.05, 0.1) is 19.2 Å². The number of aliphatic carboxylic acids is 1. The minimum Gasteiger partial charge on any atom is -0.493 e. The minimum absolute atomic E-state index is 0.0935. The lowest BCUT2D eigenvalue weighted by molar-refractivity contribution is -0.137. The van der Waals surface area contributed by atoms with Crippen molar-refractivity contribution in [2.24, 2.45) is 0 Å². The van der Waals surface area contributed by atoms with Crippen LogP contribution in [-0.2, 0) is 11.2 Å². The van der Waals surface area contributed by atoms with E-state index < -0.39 is 5.97 Å². The maximum atomic E-state index is 12.6. The number of rotatable bonds is 6. The first-order chi connectivity index (χ1) is 10.5. The number of pyridine rings is 1. The summed E-state index contributed by atoms with van der Waals surface area (Å²) >= 11 is 0. The molecule has 2 heterocycles. The van der Waals surface area contributed by atoms with E-state index in [0.717, 1.165) is 0 Å². The molecular weight excluding hydrogens is 286 g/mol. The molecular formula is C15H19N3O4. The Morgan fingerprint density at radius 1 is 1.45 bits per heavy atom. The number of methoxy groups -OCH3 is 1. The number of carboxylic acids is 1. The van der Waals surface area contributed by atoms with Gasteiger partial charge in [-0.25, -0.2) is 4.98 Å². The normalized spacial score (nSPS) is 10.7. The van der Waals surface area contributed by atoms with Gasteiger partial charge in [0.15, 0.2) is 11.4 Å². The van der Waals surface area contributed by atoms with Gasteiger partial charge < -0.3 is 14.7 Å². The van der Waals surface area contributed by atoms with Gasteiger partial charge in [0.25, 0.3) is 5.91 Å². The molecule has 2 aromatic heterocycles. The first-order valence-electron chi connectivity index (χ1n) is 7.00. The Morgan fingerprint density at radius 3 is 2.77 bits per heavy atom. The number of carboxylic acid groups (broad SMARTS) is 1. The van der Waals surface area contributed by atoms with Crippen LogP contribution in [0.5, 0.6) is 5.75 Å². The lowest BCUT2D eigenvalue weighted by Gasteiger charge is -2.16. The molecule has 0 aliphatic carbocycles. The van der Waals surface area contributed by atoms with Crippen LogP contribution in [-0.4, -0.2) is 52.0 Å². The van der Waals surface area contributed by atoms with Crippen LogP contribution in [0.15, 0.2) is 18.3 Å². The molecule has 22 heavy (non-hydrogen) atoms. The van der Waals surface area contributed by atoms with Gasteiger partial charge in [-0.3, -0.25) is 14.0 Å². The quantitative estimate of drug-likeness (QED) is 0.873. The van der Waals surface area contributed by atoms with Gasteiger partial charge in [-0.2, -0.15) is 0 Å². The summed E-state index contributed by atoms with van der Waals surface area (Å²) in [5.41, 5.74) is 1.69. The van der Waals surface area contributed by atoms with Gasteiger partial charge in [-0.05, 0) is 18.6 Å². The summed E-state index contributed by atoms with van der Waals surface area (Å²) in [6.07, 6.45) is 2.25. The molecule has 7 nitrogen and oxygen atoms in total. The average Bonchev–Trinajstić information content (AvgIpc) is 2.90. The Labute approximate surface area is 128 Å².